The van der Waals surface area contributed by atoms with Crippen molar-refractivity contribution in [2.45, 2.75) is 16.2 Å². The average molecular weight is 260 g/mol. The molecular weight excluding hydrogens is 244 g/mol. The van der Waals surface area contributed by atoms with E-state index >= 15 is 0 Å². The van der Waals surface area contributed by atoms with Gasteiger partial charge in [-0.2, -0.15) is 0 Å². The quantitative estimate of drug-likeness (QED) is 0.729. The smallest absolute Gasteiger partial charge is 0.00693 e. The summed E-state index contributed by atoms with van der Waals surface area (Å²) in [5.41, 5.74) is 2.75. The van der Waals surface area contributed by atoms with Gasteiger partial charge < -0.3 is 0 Å². The van der Waals surface area contributed by atoms with Crippen molar-refractivity contribution in [2.75, 3.05) is 12.5 Å². The lowest BCUT2D eigenvalue weighted by atomic mass is 10.1. The molecule has 88 valence electrons. The van der Waals surface area contributed by atoms with Crippen molar-refractivity contribution in [2.24, 2.45) is 0 Å². The Bertz CT molecular complexity index is 412. The lowest BCUT2D eigenvalue weighted by Gasteiger charge is -2.04. The highest BCUT2D eigenvalue weighted by atomic mass is 32.2. The van der Waals surface area contributed by atoms with Gasteiger partial charge in [0.15, 0.2) is 0 Å². The summed E-state index contributed by atoms with van der Waals surface area (Å²) in [6, 6.07) is 17.6. The zero-order valence-electron chi connectivity index (χ0n) is 10.1. The Labute approximate surface area is 112 Å². The van der Waals surface area contributed by atoms with Crippen LogP contribution in [0, 0.1) is 0 Å². The zero-order valence-corrected chi connectivity index (χ0v) is 11.8. The molecule has 0 amide bonds. The molecule has 0 unspecified atom stereocenters. The molecule has 0 aliphatic rings. The van der Waals surface area contributed by atoms with Crippen LogP contribution in [0.1, 0.15) is 11.1 Å². The van der Waals surface area contributed by atoms with Crippen LogP contribution < -0.4 is 0 Å². The number of rotatable bonds is 4. The topological polar surface area (TPSA) is 0 Å². The highest BCUT2D eigenvalue weighted by Crippen LogP contribution is 2.19. The Hall–Kier alpha value is -0.860. The lowest BCUT2D eigenvalue weighted by molar-refractivity contribution is 1.17. The molecule has 2 aromatic rings. The van der Waals surface area contributed by atoms with Gasteiger partial charge in [-0.25, -0.2) is 0 Å². The van der Waals surface area contributed by atoms with Gasteiger partial charge >= 0.3 is 0 Å². The summed E-state index contributed by atoms with van der Waals surface area (Å²) in [7, 11) is 0. The van der Waals surface area contributed by atoms with E-state index < -0.39 is 0 Å². The maximum atomic E-state index is 2.22. The monoisotopic (exact) mass is 260 g/mol. The first-order valence-electron chi connectivity index (χ1n) is 5.57. The minimum atomic E-state index is 1.02. The summed E-state index contributed by atoms with van der Waals surface area (Å²) in [5.74, 6) is 0. The molecule has 0 bridgehead atoms. The Morgan fingerprint density at radius 1 is 0.647 bits per heavy atom. The van der Waals surface area contributed by atoms with Crippen LogP contribution in [0.3, 0.4) is 0 Å². The van der Waals surface area contributed by atoms with Crippen molar-refractivity contribution < 1.29 is 0 Å². The van der Waals surface area contributed by atoms with Crippen LogP contribution in [0.2, 0.25) is 0 Å². The van der Waals surface area contributed by atoms with Crippen molar-refractivity contribution in [3.05, 3.63) is 59.7 Å². The van der Waals surface area contributed by atoms with Gasteiger partial charge in [0.25, 0.3) is 0 Å². The van der Waals surface area contributed by atoms with Crippen LogP contribution in [0.5, 0.6) is 0 Å². The van der Waals surface area contributed by atoms with Crippen molar-refractivity contribution in [3.8, 4) is 0 Å². The third kappa shape index (κ3) is 3.55. The molecule has 2 heteroatoms. The van der Waals surface area contributed by atoms with Crippen LogP contribution in [-0.2, 0) is 6.42 Å². The van der Waals surface area contributed by atoms with Crippen LogP contribution in [0.25, 0.3) is 0 Å². The zero-order chi connectivity index (χ0) is 12.1. The molecule has 0 aromatic heterocycles. The molecule has 0 spiro atoms. The Morgan fingerprint density at radius 3 is 1.29 bits per heavy atom. The van der Waals surface area contributed by atoms with E-state index in [0.717, 1.165) is 6.42 Å². The van der Waals surface area contributed by atoms with Crippen LogP contribution in [0.15, 0.2) is 58.3 Å². The van der Waals surface area contributed by atoms with E-state index in [1.165, 1.54) is 20.9 Å². The largest absolute Gasteiger partial charge is 0.130 e. The van der Waals surface area contributed by atoms with Crippen molar-refractivity contribution in [1.29, 1.82) is 0 Å². The van der Waals surface area contributed by atoms with Gasteiger partial charge in [-0.05, 0) is 54.3 Å². The summed E-state index contributed by atoms with van der Waals surface area (Å²) >= 11 is 3.57. The summed E-state index contributed by atoms with van der Waals surface area (Å²) in [6.07, 6.45) is 5.23. The van der Waals surface area contributed by atoms with E-state index in [2.05, 4.69) is 61.0 Å². The van der Waals surface area contributed by atoms with Gasteiger partial charge in [0.1, 0.15) is 0 Å². The van der Waals surface area contributed by atoms with E-state index in [1.54, 1.807) is 23.5 Å². The third-order valence-electron chi connectivity index (χ3n) is 2.73. The summed E-state index contributed by atoms with van der Waals surface area (Å²) < 4.78 is 0. The van der Waals surface area contributed by atoms with Gasteiger partial charge in [-0.3, -0.25) is 0 Å². The van der Waals surface area contributed by atoms with Gasteiger partial charge in [0.05, 0.1) is 0 Å². The van der Waals surface area contributed by atoms with E-state index in [1.807, 2.05) is 0 Å². The molecule has 0 fully saturated rings. The molecule has 0 saturated heterocycles. The predicted molar refractivity (Wildman–Crippen MR) is 79.3 cm³/mol. The molecule has 0 aliphatic carbocycles. The molecule has 0 saturated carbocycles. The fourth-order valence-corrected chi connectivity index (χ4v) is 2.54. The van der Waals surface area contributed by atoms with E-state index in [-0.39, 0.29) is 0 Å². The number of hydrogen-bond acceptors (Lipinski definition) is 2. The fourth-order valence-electron chi connectivity index (χ4n) is 1.72. The molecule has 0 aliphatic heterocycles. The average Bonchev–Trinajstić information content (AvgIpc) is 2.40. The molecular formula is C15H16S2. The standard InChI is InChI=1S/C15H16S2/c1-16-14-7-3-12(4-8-14)11-13-5-9-15(17-2)10-6-13/h3-10H,11H2,1-2H3. The van der Waals surface area contributed by atoms with Gasteiger partial charge in [-0.1, -0.05) is 24.3 Å². The first kappa shape index (κ1) is 12.6. The third-order valence-corrected chi connectivity index (χ3v) is 4.21. The predicted octanol–water partition coefficient (Wildman–Crippen LogP) is 4.72. The SMILES string of the molecule is CSc1ccc(Cc2ccc(SC)cc2)cc1. The molecule has 0 atom stereocenters. The molecule has 0 nitrogen and oxygen atoms in total. The Kier molecular flexibility index (Phi) is 4.57. The minimum Gasteiger partial charge on any atom is -0.130 e. The summed E-state index contributed by atoms with van der Waals surface area (Å²) in [5, 5.41) is 0. The highest BCUT2D eigenvalue weighted by Gasteiger charge is 1.97. The van der Waals surface area contributed by atoms with Crippen molar-refractivity contribution in [1.82, 2.24) is 0 Å². The number of thioether (sulfide) groups is 2. The molecule has 2 rings (SSSR count). The van der Waals surface area contributed by atoms with E-state index in [0.29, 0.717) is 0 Å². The Balaban J connectivity index is 2.08. The lowest BCUT2D eigenvalue weighted by Crippen LogP contribution is -1.87. The summed E-state index contributed by atoms with van der Waals surface area (Å²) in [6.45, 7) is 0. The molecule has 2 aromatic carbocycles. The second-order valence-corrected chi connectivity index (χ2v) is 5.63. The molecule has 0 radical (unpaired) electrons. The summed E-state index contributed by atoms with van der Waals surface area (Å²) in [4.78, 5) is 2.65. The van der Waals surface area contributed by atoms with Gasteiger partial charge in [-0.15, -0.1) is 23.5 Å². The number of benzene rings is 2. The second-order valence-electron chi connectivity index (χ2n) is 3.87. The normalized spacial score (nSPS) is 10.5. The molecule has 17 heavy (non-hydrogen) atoms. The van der Waals surface area contributed by atoms with Crippen LogP contribution in [-0.4, -0.2) is 12.5 Å². The fraction of sp³-hybridized carbons (Fsp3) is 0.200. The van der Waals surface area contributed by atoms with Crippen molar-refractivity contribution in [3.63, 3.8) is 0 Å². The molecule has 0 heterocycles. The van der Waals surface area contributed by atoms with Gasteiger partial charge in [0, 0.05) is 9.79 Å². The first-order chi connectivity index (χ1) is 8.31. The maximum Gasteiger partial charge on any atom is 0.00693 e. The van der Waals surface area contributed by atoms with Crippen LogP contribution >= 0.6 is 23.5 Å². The van der Waals surface area contributed by atoms with E-state index in [4.69, 9.17) is 0 Å². The molecule has 0 N–H and O–H groups in total. The Morgan fingerprint density at radius 2 is 1.00 bits per heavy atom. The maximum absolute atomic E-state index is 2.22. The van der Waals surface area contributed by atoms with E-state index in [9.17, 15) is 0 Å². The number of hydrogen-bond donors (Lipinski definition) is 0. The van der Waals surface area contributed by atoms with Crippen LogP contribution in [0.4, 0.5) is 0 Å². The minimum absolute atomic E-state index is 1.02. The highest BCUT2D eigenvalue weighted by molar-refractivity contribution is 7.98. The van der Waals surface area contributed by atoms with Crippen molar-refractivity contribution >= 4 is 23.5 Å². The first-order valence-corrected chi connectivity index (χ1v) is 8.02. The van der Waals surface area contributed by atoms with Gasteiger partial charge in [0.2, 0.25) is 0 Å². The second kappa shape index (κ2) is 6.18.